The van der Waals surface area contributed by atoms with Crippen LogP contribution in [-0.2, 0) is 20.1 Å². The number of benzene rings is 2. The third kappa shape index (κ3) is 8.06. The van der Waals surface area contributed by atoms with Crippen LogP contribution in [0.3, 0.4) is 0 Å². The highest BCUT2D eigenvalue weighted by atomic mass is 127. The van der Waals surface area contributed by atoms with Crippen molar-refractivity contribution in [1.82, 2.24) is 25.4 Å². The zero-order valence-electron chi connectivity index (χ0n) is 18.0. The molecule has 0 spiro atoms. The van der Waals surface area contributed by atoms with Gasteiger partial charge in [0.15, 0.2) is 11.8 Å². The highest BCUT2D eigenvalue weighted by Gasteiger charge is 2.06. The van der Waals surface area contributed by atoms with Crippen LogP contribution in [0, 0.1) is 6.92 Å². The molecule has 0 unspecified atom stereocenters. The molecule has 31 heavy (non-hydrogen) atoms. The normalized spacial score (nSPS) is 11.0. The number of halogens is 1. The zero-order valence-corrected chi connectivity index (χ0v) is 21.2. The van der Waals surface area contributed by atoms with Crippen LogP contribution in [0.5, 0.6) is 5.75 Å². The van der Waals surface area contributed by atoms with Crippen molar-refractivity contribution in [2.75, 3.05) is 19.4 Å². The maximum absolute atomic E-state index is 5.22. The summed E-state index contributed by atoms with van der Waals surface area (Å²) in [7, 11) is 3.63. The van der Waals surface area contributed by atoms with E-state index in [2.05, 4.69) is 45.1 Å². The molecule has 0 aliphatic carbocycles. The van der Waals surface area contributed by atoms with Crippen molar-refractivity contribution >= 4 is 41.7 Å². The lowest BCUT2D eigenvalue weighted by Gasteiger charge is -2.13. The van der Waals surface area contributed by atoms with E-state index in [1.54, 1.807) is 7.11 Å². The summed E-state index contributed by atoms with van der Waals surface area (Å²) in [5.41, 5.74) is 1.12. The molecule has 2 aromatic carbocycles. The molecule has 0 radical (unpaired) electrons. The number of aliphatic imine (C=N–C) groups is 1. The highest BCUT2D eigenvalue weighted by Crippen LogP contribution is 2.15. The summed E-state index contributed by atoms with van der Waals surface area (Å²) >= 11 is 1.82. The van der Waals surface area contributed by atoms with E-state index < -0.39 is 0 Å². The van der Waals surface area contributed by atoms with Crippen LogP contribution in [0.1, 0.15) is 17.2 Å². The van der Waals surface area contributed by atoms with Gasteiger partial charge in [0, 0.05) is 24.2 Å². The van der Waals surface area contributed by atoms with Gasteiger partial charge in [-0.1, -0.05) is 30.3 Å². The van der Waals surface area contributed by atoms with Crippen molar-refractivity contribution in [3.8, 4) is 5.75 Å². The molecule has 166 valence electrons. The van der Waals surface area contributed by atoms with Gasteiger partial charge in [-0.2, -0.15) is 0 Å². The Balaban J connectivity index is 0.00000341. The molecule has 0 aliphatic rings. The first-order valence-electron chi connectivity index (χ1n) is 9.83. The lowest BCUT2D eigenvalue weighted by Crippen LogP contribution is -2.38. The van der Waals surface area contributed by atoms with Crippen molar-refractivity contribution in [1.29, 1.82) is 0 Å². The number of hydrogen-bond donors (Lipinski definition) is 2. The second kappa shape index (κ2) is 13.2. The first-order chi connectivity index (χ1) is 14.7. The molecule has 2 N–H and O–H groups in total. The predicted octanol–water partition coefficient (Wildman–Crippen LogP) is 3.78. The minimum atomic E-state index is 0. The van der Waals surface area contributed by atoms with Crippen molar-refractivity contribution in [3.05, 3.63) is 71.8 Å². The van der Waals surface area contributed by atoms with Crippen LogP contribution in [-0.4, -0.2) is 40.1 Å². The summed E-state index contributed by atoms with van der Waals surface area (Å²) in [6.45, 7) is 3.86. The smallest absolute Gasteiger partial charge is 0.192 e. The third-order valence-electron chi connectivity index (χ3n) is 4.58. The van der Waals surface area contributed by atoms with E-state index in [-0.39, 0.29) is 24.0 Å². The standard InChI is InChI=1S/C22H28N6OS.HI/c1-17-26-27-21(28(17)2)16-25-22(23-13-14-30-20-7-5-4-6-8-20)24-15-18-9-11-19(29-3)12-10-18;/h4-12H,13-16H2,1-3H3,(H2,23,24,25);1H. The van der Waals surface area contributed by atoms with E-state index in [4.69, 9.17) is 9.73 Å². The number of hydrogen-bond acceptors (Lipinski definition) is 5. The minimum Gasteiger partial charge on any atom is -0.497 e. The lowest BCUT2D eigenvalue weighted by molar-refractivity contribution is 0.414. The molecule has 1 aromatic heterocycles. The molecule has 0 amide bonds. The third-order valence-corrected chi connectivity index (χ3v) is 5.60. The number of thioether (sulfide) groups is 1. The summed E-state index contributed by atoms with van der Waals surface area (Å²) < 4.78 is 7.19. The van der Waals surface area contributed by atoms with Gasteiger partial charge >= 0.3 is 0 Å². The van der Waals surface area contributed by atoms with Gasteiger partial charge in [-0.15, -0.1) is 45.9 Å². The molecule has 0 saturated carbocycles. The second-order valence-electron chi connectivity index (χ2n) is 6.68. The van der Waals surface area contributed by atoms with Crippen LogP contribution in [0.4, 0.5) is 0 Å². The molecule has 0 atom stereocenters. The lowest BCUT2D eigenvalue weighted by atomic mass is 10.2. The minimum absolute atomic E-state index is 0. The average molecular weight is 552 g/mol. The molecule has 9 heteroatoms. The largest absolute Gasteiger partial charge is 0.497 e. The monoisotopic (exact) mass is 552 g/mol. The van der Waals surface area contributed by atoms with Crippen molar-refractivity contribution in [3.63, 3.8) is 0 Å². The second-order valence-corrected chi connectivity index (χ2v) is 7.85. The van der Waals surface area contributed by atoms with Crippen LogP contribution in [0.25, 0.3) is 0 Å². The van der Waals surface area contributed by atoms with Gasteiger partial charge < -0.3 is 19.9 Å². The molecular weight excluding hydrogens is 523 g/mol. The average Bonchev–Trinajstić information content (AvgIpc) is 3.11. The van der Waals surface area contributed by atoms with Gasteiger partial charge in [0.1, 0.15) is 11.6 Å². The number of ether oxygens (including phenoxy) is 1. The van der Waals surface area contributed by atoms with Crippen molar-refractivity contribution in [2.24, 2.45) is 12.0 Å². The summed E-state index contributed by atoms with van der Waals surface area (Å²) in [6.07, 6.45) is 0. The van der Waals surface area contributed by atoms with Gasteiger partial charge in [0.25, 0.3) is 0 Å². The van der Waals surface area contributed by atoms with Gasteiger partial charge in [-0.05, 0) is 36.8 Å². The fourth-order valence-electron chi connectivity index (χ4n) is 2.70. The SMILES string of the molecule is COc1ccc(CN=C(NCCSc2ccccc2)NCc2nnc(C)n2C)cc1.I. The number of aryl methyl sites for hydroxylation is 1. The van der Waals surface area contributed by atoms with Crippen molar-refractivity contribution < 1.29 is 4.74 Å². The Morgan fingerprint density at radius 1 is 1.06 bits per heavy atom. The van der Waals surface area contributed by atoms with Gasteiger partial charge in [-0.25, -0.2) is 4.99 Å². The van der Waals surface area contributed by atoms with E-state index >= 15 is 0 Å². The fraction of sp³-hybridized carbons (Fsp3) is 0.318. The summed E-state index contributed by atoms with van der Waals surface area (Å²) in [5.74, 6) is 4.28. The summed E-state index contributed by atoms with van der Waals surface area (Å²) in [6, 6.07) is 18.3. The van der Waals surface area contributed by atoms with E-state index in [1.165, 1.54) is 4.90 Å². The number of nitrogens with one attached hydrogen (secondary N) is 2. The molecule has 3 rings (SSSR count). The highest BCUT2D eigenvalue weighted by molar-refractivity contribution is 14.0. The molecule has 0 saturated heterocycles. The molecule has 0 fully saturated rings. The molecule has 1 heterocycles. The Kier molecular flexibility index (Phi) is 10.6. The Bertz CT molecular complexity index is 946. The maximum atomic E-state index is 5.22. The Hall–Kier alpha value is -2.27. The Morgan fingerprint density at radius 3 is 2.45 bits per heavy atom. The van der Waals surface area contributed by atoms with Gasteiger partial charge in [0.05, 0.1) is 20.2 Å². The topological polar surface area (TPSA) is 76.4 Å². The summed E-state index contributed by atoms with van der Waals surface area (Å²) in [4.78, 5) is 6.00. The van der Waals surface area contributed by atoms with Crippen LogP contribution < -0.4 is 15.4 Å². The van der Waals surface area contributed by atoms with Crippen LogP contribution in [0.2, 0.25) is 0 Å². The Labute approximate surface area is 205 Å². The Morgan fingerprint density at radius 2 is 1.81 bits per heavy atom. The number of methoxy groups -OCH3 is 1. The van der Waals surface area contributed by atoms with E-state index in [0.717, 1.165) is 41.2 Å². The van der Waals surface area contributed by atoms with Crippen molar-refractivity contribution in [2.45, 2.75) is 24.9 Å². The zero-order chi connectivity index (χ0) is 21.2. The molecular formula is C22H29IN6OS. The van der Waals surface area contributed by atoms with Crippen LogP contribution >= 0.6 is 35.7 Å². The predicted molar refractivity (Wildman–Crippen MR) is 137 cm³/mol. The number of aromatic nitrogens is 3. The van der Waals surface area contributed by atoms with Gasteiger partial charge in [0.2, 0.25) is 0 Å². The molecule has 3 aromatic rings. The molecule has 0 bridgehead atoms. The van der Waals surface area contributed by atoms with E-state index in [0.29, 0.717) is 13.1 Å². The number of rotatable bonds is 9. The van der Waals surface area contributed by atoms with E-state index in [9.17, 15) is 0 Å². The quantitative estimate of drug-likeness (QED) is 0.138. The van der Waals surface area contributed by atoms with Gasteiger partial charge in [-0.3, -0.25) is 0 Å². The molecule has 0 aliphatic heterocycles. The first-order valence-corrected chi connectivity index (χ1v) is 10.8. The number of guanidine groups is 1. The number of nitrogens with zero attached hydrogens (tertiary/aromatic N) is 4. The summed E-state index contributed by atoms with van der Waals surface area (Å²) in [5, 5.41) is 15.1. The molecule has 7 nitrogen and oxygen atoms in total. The first kappa shape index (κ1) is 25.0. The maximum Gasteiger partial charge on any atom is 0.192 e. The van der Waals surface area contributed by atoms with Crippen LogP contribution in [0.15, 0.2) is 64.5 Å². The van der Waals surface area contributed by atoms with E-state index in [1.807, 2.05) is 60.6 Å². The fourth-order valence-corrected chi connectivity index (χ4v) is 3.49.